The number of phenols is 2. The Balaban J connectivity index is 1.89. The van der Waals surface area contributed by atoms with Crippen molar-refractivity contribution >= 4 is 22.2 Å². The van der Waals surface area contributed by atoms with E-state index in [1.54, 1.807) is 20.3 Å². The second kappa shape index (κ2) is 6.67. The Morgan fingerprint density at radius 3 is 2.58 bits per heavy atom. The summed E-state index contributed by atoms with van der Waals surface area (Å²) < 4.78 is 10.6. The molecule has 124 valence electrons. The van der Waals surface area contributed by atoms with E-state index in [1.165, 1.54) is 23.5 Å². The van der Waals surface area contributed by atoms with Crippen molar-refractivity contribution in [2.24, 2.45) is 0 Å². The molecule has 0 atom stereocenters. The number of aromatic nitrogens is 1. The smallest absolute Gasteiger partial charge is 0.187 e. The molecule has 6 nitrogen and oxygen atoms in total. The summed E-state index contributed by atoms with van der Waals surface area (Å²) in [5.41, 5.74) is 1.89. The van der Waals surface area contributed by atoms with Gasteiger partial charge in [0.15, 0.2) is 5.13 Å². The Bertz CT molecular complexity index is 864. The fourth-order valence-electron chi connectivity index (χ4n) is 2.22. The number of methoxy groups -OCH3 is 2. The van der Waals surface area contributed by atoms with Crippen LogP contribution in [0.4, 0.5) is 10.8 Å². The van der Waals surface area contributed by atoms with E-state index in [0.29, 0.717) is 27.9 Å². The minimum Gasteiger partial charge on any atom is -0.508 e. The molecular formula is C17H16N2O4S. The number of anilines is 2. The molecular weight excluding hydrogens is 328 g/mol. The number of hydrogen-bond acceptors (Lipinski definition) is 7. The number of phenolic OH excluding ortho intramolecular Hbond substituents is 2. The molecule has 2 aromatic carbocycles. The second-order valence-electron chi connectivity index (χ2n) is 4.93. The van der Waals surface area contributed by atoms with Gasteiger partial charge in [-0.25, -0.2) is 4.98 Å². The van der Waals surface area contributed by atoms with Crippen LogP contribution >= 0.6 is 11.3 Å². The molecule has 0 saturated heterocycles. The first-order chi connectivity index (χ1) is 11.6. The molecule has 0 saturated carbocycles. The van der Waals surface area contributed by atoms with E-state index >= 15 is 0 Å². The van der Waals surface area contributed by atoms with Crippen LogP contribution in [0.15, 0.2) is 41.8 Å². The Hall–Kier alpha value is -2.93. The molecule has 1 aromatic heterocycles. The van der Waals surface area contributed by atoms with Crippen molar-refractivity contribution in [1.82, 2.24) is 4.98 Å². The molecule has 3 N–H and O–H groups in total. The molecule has 0 fully saturated rings. The third-order valence-corrected chi connectivity index (χ3v) is 4.17. The summed E-state index contributed by atoms with van der Waals surface area (Å²) in [5, 5.41) is 25.0. The lowest BCUT2D eigenvalue weighted by molar-refractivity contribution is 0.405. The summed E-state index contributed by atoms with van der Waals surface area (Å²) in [6.45, 7) is 0. The van der Waals surface area contributed by atoms with Gasteiger partial charge in [0.05, 0.1) is 25.6 Å². The van der Waals surface area contributed by atoms with Crippen LogP contribution in [-0.2, 0) is 0 Å². The van der Waals surface area contributed by atoms with Gasteiger partial charge in [-0.3, -0.25) is 0 Å². The SMILES string of the molecule is COc1ccc(OC)c(Nc2nc(-c3ccc(O)cc3O)cs2)c1. The van der Waals surface area contributed by atoms with Crippen LogP contribution in [0.25, 0.3) is 11.3 Å². The van der Waals surface area contributed by atoms with Crippen molar-refractivity contribution in [1.29, 1.82) is 0 Å². The maximum absolute atomic E-state index is 9.94. The van der Waals surface area contributed by atoms with Crippen LogP contribution in [0, 0.1) is 0 Å². The van der Waals surface area contributed by atoms with Crippen LogP contribution in [0.1, 0.15) is 0 Å². The first-order valence-electron chi connectivity index (χ1n) is 7.07. The van der Waals surface area contributed by atoms with Crippen molar-refractivity contribution in [2.75, 3.05) is 19.5 Å². The maximum atomic E-state index is 9.94. The number of thiazole rings is 1. The van der Waals surface area contributed by atoms with Gasteiger partial charge in [-0.15, -0.1) is 11.3 Å². The Kier molecular flexibility index (Phi) is 4.43. The highest BCUT2D eigenvalue weighted by atomic mass is 32.1. The number of nitrogens with one attached hydrogen (secondary N) is 1. The number of hydrogen-bond donors (Lipinski definition) is 3. The summed E-state index contributed by atoms with van der Waals surface area (Å²) in [6, 6.07) is 9.85. The fourth-order valence-corrected chi connectivity index (χ4v) is 2.94. The largest absolute Gasteiger partial charge is 0.508 e. The normalized spacial score (nSPS) is 10.4. The topological polar surface area (TPSA) is 83.8 Å². The third-order valence-electron chi connectivity index (χ3n) is 3.41. The van der Waals surface area contributed by atoms with Gasteiger partial charge in [-0.05, 0) is 24.3 Å². The molecule has 7 heteroatoms. The van der Waals surface area contributed by atoms with Crippen molar-refractivity contribution in [3.63, 3.8) is 0 Å². The highest BCUT2D eigenvalue weighted by Crippen LogP contribution is 2.36. The summed E-state index contributed by atoms with van der Waals surface area (Å²) in [4.78, 5) is 4.47. The first kappa shape index (κ1) is 15.9. The van der Waals surface area contributed by atoms with Crippen molar-refractivity contribution in [2.45, 2.75) is 0 Å². The molecule has 0 spiro atoms. The van der Waals surface area contributed by atoms with Gasteiger partial charge in [0.1, 0.15) is 23.0 Å². The van der Waals surface area contributed by atoms with E-state index in [4.69, 9.17) is 9.47 Å². The van der Waals surface area contributed by atoms with E-state index in [-0.39, 0.29) is 11.5 Å². The second-order valence-corrected chi connectivity index (χ2v) is 5.79. The van der Waals surface area contributed by atoms with Gasteiger partial charge in [0.25, 0.3) is 0 Å². The lowest BCUT2D eigenvalue weighted by Gasteiger charge is -2.10. The van der Waals surface area contributed by atoms with Gasteiger partial charge in [0, 0.05) is 23.1 Å². The lowest BCUT2D eigenvalue weighted by Crippen LogP contribution is -1.95. The fraction of sp³-hybridized carbons (Fsp3) is 0.118. The zero-order valence-corrected chi connectivity index (χ0v) is 13.9. The van der Waals surface area contributed by atoms with Crippen molar-refractivity contribution in [3.8, 4) is 34.3 Å². The van der Waals surface area contributed by atoms with Gasteiger partial charge in [0.2, 0.25) is 0 Å². The zero-order valence-electron chi connectivity index (χ0n) is 13.1. The molecule has 0 aliphatic rings. The number of nitrogens with zero attached hydrogens (tertiary/aromatic N) is 1. The van der Waals surface area contributed by atoms with E-state index < -0.39 is 0 Å². The average molecular weight is 344 g/mol. The van der Waals surface area contributed by atoms with Crippen molar-refractivity contribution in [3.05, 3.63) is 41.8 Å². The number of benzene rings is 2. The molecule has 0 amide bonds. The number of aromatic hydroxyl groups is 2. The lowest BCUT2D eigenvalue weighted by atomic mass is 10.1. The summed E-state index contributed by atoms with van der Waals surface area (Å²) in [5.74, 6) is 1.35. The molecule has 3 aromatic rings. The number of rotatable bonds is 5. The Morgan fingerprint density at radius 1 is 1.04 bits per heavy atom. The molecule has 1 heterocycles. The molecule has 0 aliphatic heterocycles. The average Bonchev–Trinajstić information content (AvgIpc) is 3.03. The minimum absolute atomic E-state index is 0.00550. The molecule has 3 rings (SSSR count). The minimum atomic E-state index is -0.0224. The predicted molar refractivity (Wildman–Crippen MR) is 93.7 cm³/mol. The van der Waals surface area contributed by atoms with E-state index in [1.807, 2.05) is 23.6 Å². The monoisotopic (exact) mass is 344 g/mol. The number of ether oxygens (including phenoxy) is 2. The predicted octanol–water partition coefficient (Wildman–Crippen LogP) is 3.98. The van der Waals surface area contributed by atoms with Gasteiger partial charge in [-0.2, -0.15) is 0 Å². The van der Waals surface area contributed by atoms with Crippen LogP contribution in [0.5, 0.6) is 23.0 Å². The molecule has 0 aliphatic carbocycles. The Morgan fingerprint density at radius 2 is 1.88 bits per heavy atom. The van der Waals surface area contributed by atoms with Gasteiger partial charge >= 0.3 is 0 Å². The van der Waals surface area contributed by atoms with E-state index in [2.05, 4.69) is 10.3 Å². The van der Waals surface area contributed by atoms with Crippen LogP contribution < -0.4 is 14.8 Å². The summed E-state index contributed by atoms with van der Waals surface area (Å²) in [6.07, 6.45) is 0. The third kappa shape index (κ3) is 3.21. The molecule has 0 radical (unpaired) electrons. The first-order valence-corrected chi connectivity index (χ1v) is 7.95. The highest BCUT2D eigenvalue weighted by molar-refractivity contribution is 7.14. The summed E-state index contributed by atoms with van der Waals surface area (Å²) >= 11 is 1.39. The Labute approximate surface area is 143 Å². The highest BCUT2D eigenvalue weighted by Gasteiger charge is 2.12. The quantitative estimate of drug-likeness (QED) is 0.649. The standard InChI is InChI=1S/C17H16N2O4S/c1-22-11-4-6-16(23-2)13(8-11)18-17-19-14(9-24-17)12-5-3-10(20)7-15(12)21/h3-9,20-21H,1-2H3,(H,18,19). The van der Waals surface area contributed by atoms with Crippen LogP contribution in [0.2, 0.25) is 0 Å². The van der Waals surface area contributed by atoms with Gasteiger partial charge < -0.3 is 25.0 Å². The van der Waals surface area contributed by atoms with Crippen LogP contribution in [0.3, 0.4) is 0 Å². The summed E-state index contributed by atoms with van der Waals surface area (Å²) in [7, 11) is 3.19. The van der Waals surface area contributed by atoms with Crippen LogP contribution in [-0.4, -0.2) is 29.4 Å². The molecule has 0 unspecified atom stereocenters. The van der Waals surface area contributed by atoms with Crippen molar-refractivity contribution < 1.29 is 19.7 Å². The maximum Gasteiger partial charge on any atom is 0.187 e. The molecule has 24 heavy (non-hydrogen) atoms. The van der Waals surface area contributed by atoms with E-state index in [0.717, 1.165) is 5.69 Å². The van der Waals surface area contributed by atoms with E-state index in [9.17, 15) is 10.2 Å². The zero-order chi connectivity index (χ0) is 17.1. The molecule has 0 bridgehead atoms. The van der Waals surface area contributed by atoms with Gasteiger partial charge in [-0.1, -0.05) is 0 Å².